The van der Waals surface area contributed by atoms with E-state index in [9.17, 15) is 14.9 Å². The number of rotatable bonds is 9. The number of benzene rings is 2. The van der Waals surface area contributed by atoms with Gasteiger partial charge in [-0.15, -0.1) is 0 Å². The summed E-state index contributed by atoms with van der Waals surface area (Å²) in [6.45, 7) is 7.34. The maximum Gasteiger partial charge on any atom is 0.269 e. The lowest BCUT2D eigenvalue weighted by molar-refractivity contribution is -0.384. The van der Waals surface area contributed by atoms with Crippen molar-refractivity contribution in [3.05, 3.63) is 58.2 Å². The number of carbonyl (C=O) groups excluding carboxylic acids is 1. The van der Waals surface area contributed by atoms with Crippen LogP contribution in [0.25, 0.3) is 16.3 Å². The third-order valence-electron chi connectivity index (χ3n) is 5.42. The number of aromatic nitrogens is 1. The van der Waals surface area contributed by atoms with E-state index in [0.29, 0.717) is 35.3 Å². The normalized spacial score (nSPS) is 12.7. The fraction of sp³-hybridized carbons (Fsp3) is 0.304. The number of hydrogen-bond donors (Lipinski definition) is 0. The second-order valence-electron chi connectivity index (χ2n) is 7.37. The lowest BCUT2D eigenvalue weighted by Gasteiger charge is -2.23. The summed E-state index contributed by atoms with van der Waals surface area (Å²) < 4.78 is 11.8. The van der Waals surface area contributed by atoms with Crippen molar-refractivity contribution in [1.29, 1.82) is 0 Å². The molecule has 0 saturated carbocycles. The van der Waals surface area contributed by atoms with Gasteiger partial charge >= 0.3 is 0 Å². The van der Waals surface area contributed by atoms with Crippen LogP contribution in [0, 0.1) is 10.1 Å². The van der Waals surface area contributed by atoms with Crippen molar-refractivity contribution in [1.82, 2.24) is 9.88 Å². The molecule has 1 amide bonds. The highest BCUT2D eigenvalue weighted by atomic mass is 32.1. The summed E-state index contributed by atoms with van der Waals surface area (Å²) in [6.07, 6.45) is 3.13. The van der Waals surface area contributed by atoms with Gasteiger partial charge in [0.05, 0.1) is 15.1 Å². The first-order valence-corrected chi connectivity index (χ1v) is 11.5. The zero-order valence-corrected chi connectivity index (χ0v) is 19.2. The maximum atomic E-state index is 13.2. The fourth-order valence-electron chi connectivity index (χ4n) is 3.47. The topological polar surface area (TPSA) is 98.0 Å². The number of nitro benzene ring substituents is 1. The van der Waals surface area contributed by atoms with E-state index in [1.54, 1.807) is 23.1 Å². The second-order valence-corrected chi connectivity index (χ2v) is 8.38. The van der Waals surface area contributed by atoms with Crippen LogP contribution in [0.1, 0.15) is 19.4 Å². The van der Waals surface area contributed by atoms with Crippen molar-refractivity contribution in [3.63, 3.8) is 0 Å². The highest BCUT2D eigenvalue weighted by Crippen LogP contribution is 2.39. The number of thiazole rings is 1. The molecule has 1 aliphatic heterocycles. The zero-order chi connectivity index (χ0) is 23.4. The zero-order valence-electron chi connectivity index (χ0n) is 18.4. The van der Waals surface area contributed by atoms with Gasteiger partial charge in [-0.05, 0) is 36.9 Å². The number of non-ortho nitro benzene ring substituents is 1. The molecular formula is C23H24N4O5S. The molecule has 0 atom stereocenters. The molecule has 4 rings (SSSR count). The minimum Gasteiger partial charge on any atom is -0.454 e. The molecule has 2 heterocycles. The number of carbonyl (C=O) groups is 1. The van der Waals surface area contributed by atoms with Crippen LogP contribution < -0.4 is 14.4 Å². The molecule has 0 bridgehead atoms. The van der Waals surface area contributed by atoms with Gasteiger partial charge in [0.15, 0.2) is 16.6 Å². The van der Waals surface area contributed by atoms with Gasteiger partial charge in [-0.1, -0.05) is 25.2 Å². The molecule has 1 aromatic heterocycles. The van der Waals surface area contributed by atoms with Gasteiger partial charge in [-0.3, -0.25) is 19.8 Å². The van der Waals surface area contributed by atoms with Gasteiger partial charge < -0.3 is 14.4 Å². The number of nitro groups is 1. The Morgan fingerprint density at radius 1 is 1.15 bits per heavy atom. The second kappa shape index (κ2) is 9.97. The van der Waals surface area contributed by atoms with Crippen LogP contribution in [0.5, 0.6) is 11.5 Å². The largest absolute Gasteiger partial charge is 0.454 e. The first-order valence-electron chi connectivity index (χ1n) is 10.6. The third kappa shape index (κ3) is 5.12. The molecule has 0 radical (unpaired) electrons. The molecule has 0 unspecified atom stereocenters. The predicted molar refractivity (Wildman–Crippen MR) is 128 cm³/mol. The summed E-state index contributed by atoms with van der Waals surface area (Å²) in [4.78, 5) is 32.2. The van der Waals surface area contributed by atoms with E-state index >= 15 is 0 Å². The average molecular weight is 469 g/mol. The number of hydrogen-bond acceptors (Lipinski definition) is 8. The Labute approximate surface area is 195 Å². The highest BCUT2D eigenvalue weighted by molar-refractivity contribution is 7.22. The molecule has 33 heavy (non-hydrogen) atoms. The van der Waals surface area contributed by atoms with Gasteiger partial charge in [0, 0.05) is 43.4 Å². The molecule has 0 spiro atoms. The summed E-state index contributed by atoms with van der Waals surface area (Å²) in [5, 5.41) is 11.4. The third-order valence-corrected chi connectivity index (χ3v) is 6.47. The molecule has 1 aliphatic rings. The quantitative estimate of drug-likeness (QED) is 0.262. The Morgan fingerprint density at radius 2 is 1.85 bits per heavy atom. The van der Waals surface area contributed by atoms with E-state index in [2.05, 4.69) is 23.7 Å². The van der Waals surface area contributed by atoms with Crippen LogP contribution in [0.4, 0.5) is 10.8 Å². The van der Waals surface area contributed by atoms with Crippen LogP contribution in [0.15, 0.2) is 42.5 Å². The van der Waals surface area contributed by atoms with Crippen LogP contribution in [0.3, 0.4) is 0 Å². The number of likely N-dealkylation sites (N-methyl/N-ethyl adjacent to an activating group) is 1. The lowest BCUT2D eigenvalue weighted by atomic mass is 10.2. The van der Waals surface area contributed by atoms with Gasteiger partial charge in [0.25, 0.3) is 11.6 Å². The fourth-order valence-corrected chi connectivity index (χ4v) is 4.47. The van der Waals surface area contributed by atoms with Crippen molar-refractivity contribution in [3.8, 4) is 11.5 Å². The SMILES string of the molecule is CCN(CC)CCN(C(=O)/C=C\c1ccc([N+](=O)[O-])cc1)c1nc2cc3c(cc2s1)OCO3. The average Bonchev–Trinajstić information content (AvgIpc) is 3.44. The monoisotopic (exact) mass is 468 g/mol. The van der Waals surface area contributed by atoms with Crippen molar-refractivity contribution in [2.45, 2.75) is 13.8 Å². The van der Waals surface area contributed by atoms with Crippen molar-refractivity contribution >= 4 is 44.4 Å². The van der Waals surface area contributed by atoms with E-state index in [-0.39, 0.29) is 18.4 Å². The Balaban J connectivity index is 1.59. The molecular weight excluding hydrogens is 444 g/mol. The molecule has 0 N–H and O–H groups in total. The molecule has 2 aromatic carbocycles. The first-order chi connectivity index (χ1) is 16.0. The van der Waals surface area contributed by atoms with E-state index in [4.69, 9.17) is 9.47 Å². The first kappa shape index (κ1) is 22.7. The van der Waals surface area contributed by atoms with Crippen LogP contribution >= 0.6 is 11.3 Å². The number of ether oxygens (including phenoxy) is 2. The Kier molecular flexibility index (Phi) is 6.85. The van der Waals surface area contributed by atoms with Gasteiger partial charge in [0.2, 0.25) is 6.79 Å². The highest BCUT2D eigenvalue weighted by Gasteiger charge is 2.21. The van der Waals surface area contributed by atoms with E-state index in [1.807, 2.05) is 12.1 Å². The minimum atomic E-state index is -0.452. The van der Waals surface area contributed by atoms with Crippen molar-refractivity contribution in [2.75, 3.05) is 37.9 Å². The molecule has 0 aliphatic carbocycles. The Bertz CT molecular complexity index is 1150. The molecule has 0 fully saturated rings. The van der Waals surface area contributed by atoms with Gasteiger partial charge in [0.1, 0.15) is 0 Å². The summed E-state index contributed by atoms with van der Waals surface area (Å²) in [7, 11) is 0. The summed E-state index contributed by atoms with van der Waals surface area (Å²) in [5.41, 5.74) is 1.46. The van der Waals surface area contributed by atoms with E-state index < -0.39 is 4.92 Å². The van der Waals surface area contributed by atoms with Gasteiger partial charge in [-0.25, -0.2) is 4.98 Å². The van der Waals surface area contributed by atoms with Gasteiger partial charge in [-0.2, -0.15) is 0 Å². The standard InChI is InChI=1S/C23H24N4O5S/c1-3-25(4-2)11-12-26(22(28)10-7-16-5-8-17(9-6-16)27(29)30)23-24-18-13-19-20(32-15-31-19)14-21(18)33-23/h5-10,13-14H,3-4,11-12,15H2,1-2H3/b10-7-. The Hall–Kier alpha value is -3.50. The Morgan fingerprint density at radius 3 is 2.52 bits per heavy atom. The number of amides is 1. The summed E-state index contributed by atoms with van der Waals surface area (Å²) >= 11 is 1.42. The smallest absolute Gasteiger partial charge is 0.269 e. The molecule has 172 valence electrons. The van der Waals surface area contributed by atoms with E-state index in [1.165, 1.54) is 29.5 Å². The summed E-state index contributed by atoms with van der Waals surface area (Å²) in [6, 6.07) is 9.77. The number of nitrogens with zero attached hydrogens (tertiary/aromatic N) is 4. The van der Waals surface area contributed by atoms with Crippen molar-refractivity contribution in [2.24, 2.45) is 0 Å². The number of anilines is 1. The molecule has 0 saturated heterocycles. The van der Waals surface area contributed by atoms with Crippen LogP contribution in [0.2, 0.25) is 0 Å². The predicted octanol–water partition coefficient (Wildman–Crippen LogP) is 4.32. The minimum absolute atomic E-state index is 0.00802. The molecule has 9 nitrogen and oxygen atoms in total. The summed E-state index contributed by atoms with van der Waals surface area (Å²) in [5.74, 6) is 1.12. The van der Waals surface area contributed by atoms with E-state index in [0.717, 1.165) is 23.3 Å². The number of fused-ring (bicyclic) bond motifs is 2. The van der Waals surface area contributed by atoms with Crippen molar-refractivity contribution < 1.29 is 19.2 Å². The maximum absolute atomic E-state index is 13.2. The van der Waals surface area contributed by atoms with Crippen LogP contribution in [-0.2, 0) is 4.79 Å². The molecule has 10 heteroatoms. The molecule has 3 aromatic rings. The lowest BCUT2D eigenvalue weighted by Crippen LogP contribution is -2.38. The van der Waals surface area contributed by atoms with Crippen LogP contribution in [-0.4, -0.2) is 53.7 Å².